The largest absolute Gasteiger partial charge is 0.496 e. The molecule has 0 saturated carbocycles. The van der Waals surface area contributed by atoms with Crippen LogP contribution in [0.2, 0.25) is 0 Å². The average Bonchev–Trinajstić information content (AvgIpc) is 3.55. The zero-order chi connectivity index (χ0) is 24.7. The number of aromatic nitrogens is 5. The third-order valence-corrected chi connectivity index (χ3v) is 7.25. The molecule has 12 heteroatoms. The Bertz CT molecular complexity index is 1470. The molecule has 1 aromatic carbocycles. The van der Waals surface area contributed by atoms with Crippen LogP contribution < -0.4 is 15.0 Å². The van der Waals surface area contributed by atoms with Gasteiger partial charge in [0, 0.05) is 31.1 Å². The molecule has 0 radical (unpaired) electrons. The normalized spacial score (nSPS) is 15.8. The number of benzene rings is 1. The van der Waals surface area contributed by atoms with E-state index in [2.05, 4.69) is 15.2 Å². The highest BCUT2D eigenvalue weighted by atomic mass is 32.1. The minimum Gasteiger partial charge on any atom is -0.496 e. The standard InChI is InChI=1S/C23H23FN6O4S/c1-13-18-19(35-22(13)30-25-8-9-26-30)27-23(29(21(18)32)16-6-10-28(2)20(16)31)34-11-7-14-12-15(24)4-5-17(14)33-3/h4-5,8-9,12,16H,6-7,10-11H2,1-3H3. The Hall–Kier alpha value is -3.80. The van der Waals surface area contributed by atoms with Crippen LogP contribution in [-0.2, 0) is 11.2 Å². The maximum atomic E-state index is 13.8. The number of fused-ring (bicyclic) bond motifs is 1. The number of nitrogens with zero attached hydrogens (tertiary/aromatic N) is 6. The van der Waals surface area contributed by atoms with Crippen LogP contribution in [0, 0.1) is 12.7 Å². The minimum atomic E-state index is -0.714. The maximum absolute atomic E-state index is 13.8. The molecule has 35 heavy (non-hydrogen) atoms. The van der Waals surface area contributed by atoms with Crippen LogP contribution in [0.25, 0.3) is 15.2 Å². The number of rotatable bonds is 7. The van der Waals surface area contributed by atoms with Crippen molar-refractivity contribution in [3.05, 3.63) is 57.9 Å². The molecule has 182 valence electrons. The number of hydrogen-bond donors (Lipinski definition) is 0. The molecule has 1 fully saturated rings. The van der Waals surface area contributed by atoms with Gasteiger partial charge in [0.15, 0.2) is 0 Å². The second-order valence-corrected chi connectivity index (χ2v) is 9.20. The van der Waals surface area contributed by atoms with Crippen LogP contribution in [0.4, 0.5) is 4.39 Å². The highest BCUT2D eigenvalue weighted by Gasteiger charge is 2.35. The van der Waals surface area contributed by atoms with Crippen molar-refractivity contribution in [2.75, 3.05) is 27.3 Å². The lowest BCUT2D eigenvalue weighted by Gasteiger charge is -2.18. The number of carbonyl (C=O) groups excluding carboxylic acids is 1. The first-order chi connectivity index (χ1) is 16.9. The summed E-state index contributed by atoms with van der Waals surface area (Å²) in [6, 6.07) is 3.59. The molecule has 1 saturated heterocycles. The first-order valence-corrected chi connectivity index (χ1v) is 11.8. The van der Waals surface area contributed by atoms with Gasteiger partial charge in [-0.3, -0.25) is 9.59 Å². The van der Waals surface area contributed by atoms with E-state index in [0.717, 1.165) is 0 Å². The van der Waals surface area contributed by atoms with E-state index < -0.39 is 6.04 Å². The first kappa shape index (κ1) is 23.0. The van der Waals surface area contributed by atoms with Gasteiger partial charge in [0.2, 0.25) is 5.91 Å². The van der Waals surface area contributed by atoms with E-state index in [0.29, 0.717) is 51.5 Å². The Morgan fingerprint density at radius 2 is 2.00 bits per heavy atom. The second-order valence-electron chi connectivity index (χ2n) is 8.22. The van der Waals surface area contributed by atoms with Crippen molar-refractivity contribution < 1.29 is 18.7 Å². The van der Waals surface area contributed by atoms with E-state index in [-0.39, 0.29) is 29.9 Å². The summed E-state index contributed by atoms with van der Waals surface area (Å²) < 4.78 is 26.4. The van der Waals surface area contributed by atoms with E-state index in [1.165, 1.54) is 39.9 Å². The number of aryl methyl sites for hydroxylation is 1. The van der Waals surface area contributed by atoms with Gasteiger partial charge < -0.3 is 14.4 Å². The molecule has 1 aliphatic heterocycles. The maximum Gasteiger partial charge on any atom is 0.301 e. The molecule has 4 aromatic rings. The number of hydrogen-bond acceptors (Lipinski definition) is 8. The van der Waals surface area contributed by atoms with Gasteiger partial charge in [-0.2, -0.15) is 15.2 Å². The Morgan fingerprint density at radius 1 is 1.23 bits per heavy atom. The van der Waals surface area contributed by atoms with E-state index in [1.807, 2.05) is 6.92 Å². The Kier molecular flexibility index (Phi) is 5.97. The number of likely N-dealkylation sites (N-methyl/N-ethyl adjacent to an activating group) is 1. The van der Waals surface area contributed by atoms with Crippen molar-refractivity contribution in [1.29, 1.82) is 0 Å². The number of halogens is 1. The molecule has 0 N–H and O–H groups in total. The number of carbonyl (C=O) groups is 1. The molecule has 0 bridgehead atoms. The molecule has 1 amide bonds. The van der Waals surface area contributed by atoms with Crippen LogP contribution in [0.5, 0.6) is 11.8 Å². The van der Waals surface area contributed by atoms with Gasteiger partial charge in [0.1, 0.15) is 27.4 Å². The van der Waals surface area contributed by atoms with E-state index in [9.17, 15) is 14.0 Å². The molecule has 1 unspecified atom stereocenters. The highest BCUT2D eigenvalue weighted by Crippen LogP contribution is 2.33. The third kappa shape index (κ3) is 4.03. The summed E-state index contributed by atoms with van der Waals surface area (Å²) in [5, 5.41) is 9.41. The van der Waals surface area contributed by atoms with Crippen molar-refractivity contribution in [3.63, 3.8) is 0 Å². The number of likely N-dealkylation sites (tertiary alicyclic amines) is 1. The van der Waals surface area contributed by atoms with Gasteiger partial charge >= 0.3 is 6.01 Å². The van der Waals surface area contributed by atoms with Gasteiger partial charge in [-0.15, -0.1) is 4.80 Å². The molecule has 1 atom stereocenters. The van der Waals surface area contributed by atoms with Gasteiger partial charge in [-0.1, -0.05) is 11.3 Å². The minimum absolute atomic E-state index is 0.0488. The van der Waals surface area contributed by atoms with Gasteiger partial charge in [-0.05, 0) is 31.5 Å². The fourth-order valence-electron chi connectivity index (χ4n) is 4.29. The molecule has 0 spiro atoms. The first-order valence-electron chi connectivity index (χ1n) is 11.0. The molecule has 0 aliphatic carbocycles. The van der Waals surface area contributed by atoms with Crippen LogP contribution in [0.1, 0.15) is 23.6 Å². The Morgan fingerprint density at radius 3 is 2.69 bits per heavy atom. The van der Waals surface area contributed by atoms with Gasteiger partial charge in [0.05, 0.1) is 31.5 Å². The SMILES string of the molecule is COc1ccc(F)cc1CCOc1nc2sc(-n3nccn3)c(C)c2c(=O)n1C1CCN(C)C1=O. The summed E-state index contributed by atoms with van der Waals surface area (Å²) in [7, 11) is 3.21. The lowest BCUT2D eigenvalue weighted by atomic mass is 10.1. The summed E-state index contributed by atoms with van der Waals surface area (Å²) in [4.78, 5) is 34.7. The Labute approximate surface area is 203 Å². The quantitative estimate of drug-likeness (QED) is 0.386. The van der Waals surface area contributed by atoms with Crippen molar-refractivity contribution in [3.8, 4) is 16.8 Å². The number of ether oxygens (including phenoxy) is 2. The van der Waals surface area contributed by atoms with Crippen molar-refractivity contribution >= 4 is 27.5 Å². The van der Waals surface area contributed by atoms with Crippen molar-refractivity contribution in [1.82, 2.24) is 29.4 Å². The van der Waals surface area contributed by atoms with Gasteiger partial charge in [0.25, 0.3) is 5.56 Å². The van der Waals surface area contributed by atoms with Crippen molar-refractivity contribution in [2.45, 2.75) is 25.8 Å². The smallest absolute Gasteiger partial charge is 0.301 e. The Balaban J connectivity index is 1.56. The third-order valence-electron chi connectivity index (χ3n) is 6.10. The molecule has 5 rings (SSSR count). The lowest BCUT2D eigenvalue weighted by Crippen LogP contribution is -2.33. The molecule has 3 aromatic heterocycles. The molecule has 4 heterocycles. The molecule has 10 nitrogen and oxygen atoms in total. The van der Waals surface area contributed by atoms with Crippen LogP contribution in [0.15, 0.2) is 35.4 Å². The highest BCUT2D eigenvalue weighted by molar-refractivity contribution is 7.21. The number of methoxy groups -OCH3 is 1. The van der Waals surface area contributed by atoms with Gasteiger partial charge in [-0.25, -0.2) is 8.96 Å². The zero-order valence-corrected chi connectivity index (χ0v) is 20.2. The monoisotopic (exact) mass is 498 g/mol. The molecular formula is C23H23FN6O4S. The van der Waals surface area contributed by atoms with E-state index in [1.54, 1.807) is 30.4 Å². The fourth-order valence-corrected chi connectivity index (χ4v) is 5.37. The van der Waals surface area contributed by atoms with Crippen molar-refractivity contribution in [2.24, 2.45) is 0 Å². The summed E-state index contributed by atoms with van der Waals surface area (Å²) >= 11 is 1.27. The zero-order valence-electron chi connectivity index (χ0n) is 19.4. The average molecular weight is 499 g/mol. The predicted molar refractivity (Wildman–Crippen MR) is 127 cm³/mol. The molecular weight excluding hydrogens is 475 g/mol. The predicted octanol–water partition coefficient (Wildman–Crippen LogP) is 2.52. The van der Waals surface area contributed by atoms with E-state index in [4.69, 9.17) is 9.47 Å². The topological polar surface area (TPSA) is 104 Å². The summed E-state index contributed by atoms with van der Waals surface area (Å²) in [5.41, 5.74) is 0.953. The van der Waals surface area contributed by atoms with Crippen LogP contribution in [0.3, 0.4) is 0 Å². The van der Waals surface area contributed by atoms with Crippen LogP contribution >= 0.6 is 11.3 Å². The summed E-state index contributed by atoms with van der Waals surface area (Å²) in [6.45, 7) is 2.44. The summed E-state index contributed by atoms with van der Waals surface area (Å²) in [6.07, 6.45) is 3.89. The summed E-state index contributed by atoms with van der Waals surface area (Å²) in [5.74, 6) is -0.0222. The lowest BCUT2D eigenvalue weighted by molar-refractivity contribution is -0.129. The number of amides is 1. The van der Waals surface area contributed by atoms with Crippen LogP contribution in [-0.4, -0.2) is 62.7 Å². The van der Waals surface area contributed by atoms with E-state index >= 15 is 0 Å². The fraction of sp³-hybridized carbons (Fsp3) is 0.348. The second kappa shape index (κ2) is 9.10. The number of thiophene rings is 1. The molecule has 1 aliphatic rings.